The molecule has 158 valence electrons. The van der Waals surface area contributed by atoms with Crippen molar-refractivity contribution in [3.05, 3.63) is 70.3 Å². The van der Waals surface area contributed by atoms with Gasteiger partial charge in [0.05, 0.1) is 22.0 Å². The summed E-state index contributed by atoms with van der Waals surface area (Å²) in [5, 5.41) is 31.0. The maximum atomic E-state index is 13.0. The molecule has 2 rings (SSSR count). The number of hydrogen-bond acceptors (Lipinski definition) is 7. The molecule has 3 atom stereocenters. The Balaban J connectivity index is 2.19. The lowest BCUT2D eigenvalue weighted by Crippen LogP contribution is -2.48. The molecule has 0 saturated heterocycles. The number of aliphatic hydroxyl groups excluding tert-OH is 2. The summed E-state index contributed by atoms with van der Waals surface area (Å²) in [5.74, 6) is 0. The van der Waals surface area contributed by atoms with Crippen molar-refractivity contribution in [3.63, 3.8) is 0 Å². The Labute approximate surface area is 169 Å². The van der Waals surface area contributed by atoms with Gasteiger partial charge in [0.1, 0.15) is 0 Å². The molecule has 4 N–H and O–H groups in total. The minimum Gasteiger partial charge on any atom is -0.392 e. The fourth-order valence-corrected chi connectivity index (χ4v) is 4.36. The number of nitro groups is 1. The van der Waals surface area contributed by atoms with Gasteiger partial charge in [0.2, 0.25) is 10.0 Å². The molecule has 0 bridgehead atoms. The third kappa shape index (κ3) is 6.31. The fraction of sp³-hybridized carbons (Fsp3) is 0.368. The highest BCUT2D eigenvalue weighted by atomic mass is 32.2. The van der Waals surface area contributed by atoms with Crippen molar-refractivity contribution >= 4 is 15.7 Å². The van der Waals surface area contributed by atoms with Gasteiger partial charge in [-0.15, -0.1) is 0 Å². The monoisotopic (exact) mass is 423 g/mol. The van der Waals surface area contributed by atoms with Crippen LogP contribution in [0.25, 0.3) is 0 Å². The molecule has 2 aromatic carbocycles. The van der Waals surface area contributed by atoms with Crippen molar-refractivity contribution in [3.8, 4) is 0 Å². The van der Waals surface area contributed by atoms with Crippen LogP contribution < -0.4 is 5.73 Å². The summed E-state index contributed by atoms with van der Waals surface area (Å²) in [6.45, 7) is 0.849. The minimum absolute atomic E-state index is 0.174. The topological polar surface area (TPSA) is 147 Å². The number of nitro benzene ring substituents is 1. The Bertz CT molecular complexity index is 903. The third-order valence-corrected chi connectivity index (χ3v) is 6.20. The highest BCUT2D eigenvalue weighted by Gasteiger charge is 2.30. The number of rotatable bonds is 10. The summed E-state index contributed by atoms with van der Waals surface area (Å²) in [6.07, 6.45) is -1.82. The number of aliphatic hydroxyl groups is 2. The number of nitrogens with two attached hydrogens (primary N) is 1. The van der Waals surface area contributed by atoms with Gasteiger partial charge in [-0.3, -0.25) is 10.1 Å². The van der Waals surface area contributed by atoms with E-state index in [1.165, 1.54) is 6.92 Å². The standard InChI is InChI=1S/C19H25N3O6S/c1-14(23)12-21(13-19(24)18(20)11-15-5-3-2-4-6-15)29(27,28)17-9-7-16(8-10-17)22(25)26/h2-10,14,18-19,23-24H,11-13,20H2,1H3/t14-,18-,19+/m0/s1. The average molecular weight is 423 g/mol. The van der Waals surface area contributed by atoms with Crippen LogP contribution in [0.4, 0.5) is 5.69 Å². The zero-order valence-corrected chi connectivity index (χ0v) is 16.8. The lowest BCUT2D eigenvalue weighted by atomic mass is 10.0. The molecule has 0 aliphatic heterocycles. The van der Waals surface area contributed by atoms with Crippen LogP contribution in [0.3, 0.4) is 0 Å². The third-order valence-electron chi connectivity index (χ3n) is 4.35. The van der Waals surface area contributed by atoms with Gasteiger partial charge < -0.3 is 15.9 Å². The molecule has 0 amide bonds. The SMILES string of the molecule is C[C@H](O)CN(C[C@@H](O)[C@@H](N)Cc1ccccc1)S(=O)(=O)c1ccc([N+](=O)[O-])cc1. The Kier molecular flexibility index (Phi) is 7.82. The maximum Gasteiger partial charge on any atom is 0.269 e. The van der Waals surface area contributed by atoms with E-state index in [0.29, 0.717) is 6.42 Å². The number of non-ortho nitro benzene ring substituents is 1. The van der Waals surface area contributed by atoms with Crippen LogP contribution in [0.2, 0.25) is 0 Å². The number of hydrogen-bond donors (Lipinski definition) is 3. The summed E-state index contributed by atoms with van der Waals surface area (Å²) in [7, 11) is -4.10. The van der Waals surface area contributed by atoms with Gasteiger partial charge in [-0.25, -0.2) is 8.42 Å². The first-order valence-electron chi connectivity index (χ1n) is 9.01. The zero-order valence-electron chi connectivity index (χ0n) is 16.0. The van der Waals surface area contributed by atoms with Crippen LogP contribution >= 0.6 is 0 Å². The molecule has 0 saturated carbocycles. The smallest absolute Gasteiger partial charge is 0.269 e. The molecule has 0 radical (unpaired) electrons. The quantitative estimate of drug-likeness (QED) is 0.380. The van der Waals surface area contributed by atoms with Gasteiger partial charge in [0.15, 0.2) is 0 Å². The van der Waals surface area contributed by atoms with Crippen LogP contribution in [0.1, 0.15) is 12.5 Å². The first-order chi connectivity index (χ1) is 13.6. The molecule has 9 nitrogen and oxygen atoms in total. The minimum atomic E-state index is -4.10. The molecular weight excluding hydrogens is 398 g/mol. The fourth-order valence-electron chi connectivity index (χ4n) is 2.82. The normalized spacial score (nSPS) is 15.1. The second-order valence-electron chi connectivity index (χ2n) is 6.84. The van der Waals surface area contributed by atoms with Crippen LogP contribution in [0.5, 0.6) is 0 Å². The molecule has 0 fully saturated rings. The van der Waals surface area contributed by atoms with E-state index in [1.54, 1.807) is 0 Å². The van der Waals surface area contributed by atoms with E-state index in [2.05, 4.69) is 0 Å². The van der Waals surface area contributed by atoms with Crippen molar-refractivity contribution in [2.75, 3.05) is 13.1 Å². The molecule has 0 heterocycles. The second-order valence-corrected chi connectivity index (χ2v) is 8.78. The summed E-state index contributed by atoms with van der Waals surface area (Å²) in [4.78, 5) is 9.98. The predicted molar refractivity (Wildman–Crippen MR) is 108 cm³/mol. The van der Waals surface area contributed by atoms with Gasteiger partial charge in [-0.1, -0.05) is 30.3 Å². The zero-order chi connectivity index (χ0) is 21.6. The lowest BCUT2D eigenvalue weighted by Gasteiger charge is -2.28. The maximum absolute atomic E-state index is 13.0. The van der Waals surface area contributed by atoms with Crippen LogP contribution in [0.15, 0.2) is 59.5 Å². The molecule has 0 unspecified atom stereocenters. The molecule has 0 aliphatic rings. The van der Waals surface area contributed by atoms with Gasteiger partial charge in [-0.2, -0.15) is 4.31 Å². The molecule has 2 aromatic rings. The Morgan fingerprint density at radius 1 is 1.07 bits per heavy atom. The van der Waals surface area contributed by atoms with Gasteiger partial charge >= 0.3 is 0 Å². The van der Waals surface area contributed by atoms with E-state index in [-0.39, 0.29) is 23.7 Å². The lowest BCUT2D eigenvalue weighted by molar-refractivity contribution is -0.384. The van der Waals surface area contributed by atoms with Gasteiger partial charge in [-0.05, 0) is 31.0 Å². The van der Waals surface area contributed by atoms with Crippen molar-refractivity contribution in [1.29, 1.82) is 0 Å². The van der Waals surface area contributed by atoms with Crippen LogP contribution in [-0.2, 0) is 16.4 Å². The highest BCUT2D eigenvalue weighted by Crippen LogP contribution is 2.21. The predicted octanol–water partition coefficient (Wildman–Crippen LogP) is 0.897. The van der Waals surface area contributed by atoms with E-state index in [0.717, 1.165) is 34.1 Å². The van der Waals surface area contributed by atoms with E-state index in [1.807, 2.05) is 30.3 Å². The van der Waals surface area contributed by atoms with E-state index < -0.39 is 33.2 Å². The second kappa shape index (κ2) is 9.90. The first kappa shape index (κ1) is 22.9. The van der Waals surface area contributed by atoms with Crippen molar-refractivity contribution < 1.29 is 23.6 Å². The van der Waals surface area contributed by atoms with Gasteiger partial charge in [0, 0.05) is 31.3 Å². The number of nitrogens with zero attached hydrogens (tertiary/aromatic N) is 2. The van der Waals surface area contributed by atoms with E-state index in [4.69, 9.17) is 5.73 Å². The van der Waals surface area contributed by atoms with E-state index in [9.17, 15) is 28.7 Å². The molecular formula is C19H25N3O6S. The summed E-state index contributed by atoms with van der Waals surface area (Å²) < 4.78 is 26.9. The number of benzene rings is 2. The number of sulfonamides is 1. The molecule has 0 aliphatic carbocycles. The van der Waals surface area contributed by atoms with Crippen LogP contribution in [-0.4, -0.2) is 59.2 Å². The Morgan fingerprint density at radius 3 is 2.17 bits per heavy atom. The molecule has 0 aromatic heterocycles. The summed E-state index contributed by atoms with van der Waals surface area (Å²) >= 11 is 0. The first-order valence-corrected chi connectivity index (χ1v) is 10.5. The van der Waals surface area contributed by atoms with Crippen LogP contribution in [0, 0.1) is 10.1 Å². The van der Waals surface area contributed by atoms with E-state index >= 15 is 0 Å². The summed E-state index contributed by atoms with van der Waals surface area (Å²) in [6, 6.07) is 12.9. The molecule has 10 heteroatoms. The molecule has 0 spiro atoms. The average Bonchev–Trinajstić information content (AvgIpc) is 2.67. The highest BCUT2D eigenvalue weighted by molar-refractivity contribution is 7.89. The summed E-state index contributed by atoms with van der Waals surface area (Å²) in [5.41, 5.74) is 6.72. The largest absolute Gasteiger partial charge is 0.392 e. The van der Waals surface area contributed by atoms with Crippen molar-refractivity contribution in [1.82, 2.24) is 4.31 Å². The van der Waals surface area contributed by atoms with Crippen molar-refractivity contribution in [2.45, 2.75) is 36.5 Å². The molecule has 29 heavy (non-hydrogen) atoms. The Morgan fingerprint density at radius 2 is 1.66 bits per heavy atom. The van der Waals surface area contributed by atoms with Crippen molar-refractivity contribution in [2.24, 2.45) is 5.73 Å². The Hall–Kier alpha value is -2.37. The van der Waals surface area contributed by atoms with Gasteiger partial charge in [0.25, 0.3) is 5.69 Å².